The Labute approximate surface area is 227 Å². The van der Waals surface area contributed by atoms with Crippen LogP contribution in [0.3, 0.4) is 0 Å². The van der Waals surface area contributed by atoms with Gasteiger partial charge in [-0.3, -0.25) is 9.80 Å². The summed E-state index contributed by atoms with van der Waals surface area (Å²) in [7, 11) is 0. The lowest BCUT2D eigenvalue weighted by Gasteiger charge is -2.32. The van der Waals surface area contributed by atoms with Crippen LogP contribution in [0.1, 0.15) is 42.4 Å². The first-order valence-corrected chi connectivity index (χ1v) is 13.9. The van der Waals surface area contributed by atoms with Crippen molar-refractivity contribution in [3.63, 3.8) is 0 Å². The van der Waals surface area contributed by atoms with E-state index in [1.807, 2.05) is 36.4 Å². The van der Waals surface area contributed by atoms with Crippen molar-refractivity contribution in [3.05, 3.63) is 108 Å². The second-order valence-electron chi connectivity index (χ2n) is 10.3. The Morgan fingerprint density at radius 2 is 1.11 bits per heavy atom. The van der Waals surface area contributed by atoms with E-state index in [2.05, 4.69) is 69.7 Å². The first-order valence-electron chi connectivity index (χ1n) is 13.9. The molecule has 0 aliphatic carbocycles. The maximum absolute atomic E-state index is 11.9. The van der Waals surface area contributed by atoms with Gasteiger partial charge in [-0.05, 0) is 55.5 Å². The molecule has 0 atom stereocenters. The number of carbonyl (C=O) groups is 1. The monoisotopic (exact) mass is 514 g/mol. The van der Waals surface area contributed by atoms with E-state index in [4.69, 9.17) is 10.5 Å². The standard InChI is InChI=1S/C20H24N2O2.C12H18N2/c23-20(24-16-18-9-5-2-6-10-18)21-19-11-13-22(14-12-19)15-17-7-3-1-4-8-17;13-12-6-8-14(9-7-12)10-11-4-2-1-3-5-11/h1-10,19H,11-16H2,(H,21,23);1-5,12H,6-10,13H2. The summed E-state index contributed by atoms with van der Waals surface area (Å²) in [6, 6.07) is 31.5. The van der Waals surface area contributed by atoms with Crippen LogP contribution >= 0.6 is 0 Å². The van der Waals surface area contributed by atoms with Crippen LogP contribution in [0.25, 0.3) is 0 Å². The van der Waals surface area contributed by atoms with Gasteiger partial charge in [0.1, 0.15) is 6.61 Å². The Kier molecular flexibility index (Phi) is 11.2. The predicted molar refractivity (Wildman–Crippen MR) is 153 cm³/mol. The highest BCUT2D eigenvalue weighted by atomic mass is 16.5. The highest BCUT2D eigenvalue weighted by Crippen LogP contribution is 2.14. The van der Waals surface area contributed by atoms with Gasteiger partial charge >= 0.3 is 6.09 Å². The van der Waals surface area contributed by atoms with Crippen LogP contribution in [0.5, 0.6) is 0 Å². The minimum absolute atomic E-state index is 0.209. The predicted octanol–water partition coefficient (Wildman–Crippen LogP) is 5.19. The first-order chi connectivity index (χ1) is 18.6. The van der Waals surface area contributed by atoms with Crippen molar-refractivity contribution in [2.45, 2.75) is 57.5 Å². The average Bonchev–Trinajstić information content (AvgIpc) is 2.96. The summed E-state index contributed by atoms with van der Waals surface area (Å²) >= 11 is 0. The molecule has 0 aromatic heterocycles. The van der Waals surface area contributed by atoms with Crippen LogP contribution in [0, 0.1) is 0 Å². The van der Waals surface area contributed by atoms with E-state index >= 15 is 0 Å². The van der Waals surface area contributed by atoms with Gasteiger partial charge in [0.2, 0.25) is 0 Å². The smallest absolute Gasteiger partial charge is 0.407 e. The minimum Gasteiger partial charge on any atom is -0.445 e. The summed E-state index contributed by atoms with van der Waals surface area (Å²) in [6.45, 7) is 6.67. The summed E-state index contributed by atoms with van der Waals surface area (Å²) in [5, 5.41) is 2.99. The quantitative estimate of drug-likeness (QED) is 0.454. The molecular formula is C32H42N4O2. The number of alkyl carbamates (subject to hydrolysis) is 1. The zero-order valence-electron chi connectivity index (χ0n) is 22.4. The van der Waals surface area contributed by atoms with E-state index in [0.717, 1.165) is 70.5 Å². The van der Waals surface area contributed by atoms with Gasteiger partial charge in [-0.2, -0.15) is 0 Å². The van der Waals surface area contributed by atoms with E-state index in [-0.39, 0.29) is 12.1 Å². The molecule has 2 aliphatic heterocycles. The van der Waals surface area contributed by atoms with Crippen LogP contribution in [-0.2, 0) is 24.4 Å². The molecule has 0 unspecified atom stereocenters. The van der Waals surface area contributed by atoms with Crippen molar-refractivity contribution in [3.8, 4) is 0 Å². The molecule has 2 fully saturated rings. The van der Waals surface area contributed by atoms with E-state index in [9.17, 15) is 4.79 Å². The number of hydrogen-bond acceptors (Lipinski definition) is 5. The van der Waals surface area contributed by atoms with Crippen molar-refractivity contribution < 1.29 is 9.53 Å². The van der Waals surface area contributed by atoms with Gasteiger partial charge in [-0.1, -0.05) is 91.0 Å². The lowest BCUT2D eigenvalue weighted by molar-refractivity contribution is 0.125. The Hall–Kier alpha value is -3.19. The van der Waals surface area contributed by atoms with Crippen molar-refractivity contribution >= 4 is 6.09 Å². The molecule has 202 valence electrons. The summed E-state index contributed by atoms with van der Waals surface area (Å²) in [5.74, 6) is 0. The number of nitrogens with two attached hydrogens (primary N) is 1. The maximum Gasteiger partial charge on any atom is 0.407 e. The second kappa shape index (κ2) is 15.3. The van der Waals surface area contributed by atoms with Crippen LogP contribution in [-0.4, -0.2) is 54.2 Å². The number of nitrogens with zero attached hydrogens (tertiary/aromatic N) is 2. The van der Waals surface area contributed by atoms with Crippen LogP contribution in [0.15, 0.2) is 91.0 Å². The molecule has 0 saturated carbocycles. The summed E-state index contributed by atoms with van der Waals surface area (Å²) in [5.41, 5.74) is 9.61. The van der Waals surface area contributed by atoms with E-state index in [1.54, 1.807) is 0 Å². The number of piperidine rings is 2. The fourth-order valence-corrected chi connectivity index (χ4v) is 4.96. The van der Waals surface area contributed by atoms with Gasteiger partial charge in [0.25, 0.3) is 0 Å². The zero-order chi connectivity index (χ0) is 26.4. The van der Waals surface area contributed by atoms with Crippen molar-refractivity contribution in [2.24, 2.45) is 5.73 Å². The van der Waals surface area contributed by atoms with E-state index < -0.39 is 0 Å². The maximum atomic E-state index is 11.9. The summed E-state index contributed by atoms with van der Waals surface area (Å²) in [4.78, 5) is 16.8. The molecule has 5 rings (SSSR count). The van der Waals surface area contributed by atoms with Crippen molar-refractivity contribution in [2.75, 3.05) is 26.2 Å². The lowest BCUT2D eigenvalue weighted by Crippen LogP contribution is -2.44. The number of amides is 1. The number of rotatable bonds is 7. The number of benzene rings is 3. The molecule has 3 aromatic rings. The normalized spacial score (nSPS) is 17.3. The third-order valence-electron chi connectivity index (χ3n) is 7.25. The third kappa shape index (κ3) is 9.93. The van der Waals surface area contributed by atoms with Crippen LogP contribution < -0.4 is 11.1 Å². The first kappa shape index (κ1) is 27.8. The van der Waals surface area contributed by atoms with Gasteiger partial charge in [0.05, 0.1) is 0 Å². The minimum atomic E-state index is -0.319. The molecule has 3 aromatic carbocycles. The topological polar surface area (TPSA) is 70.8 Å². The number of nitrogens with one attached hydrogen (secondary N) is 1. The second-order valence-corrected chi connectivity index (χ2v) is 10.3. The number of likely N-dealkylation sites (tertiary alicyclic amines) is 2. The molecule has 6 nitrogen and oxygen atoms in total. The fraction of sp³-hybridized carbons (Fsp3) is 0.406. The van der Waals surface area contributed by atoms with Crippen molar-refractivity contribution in [1.29, 1.82) is 0 Å². The Bertz CT molecular complexity index is 1050. The van der Waals surface area contributed by atoms with Gasteiger partial charge in [-0.25, -0.2) is 4.79 Å². The van der Waals surface area contributed by atoms with Gasteiger partial charge in [-0.15, -0.1) is 0 Å². The molecule has 38 heavy (non-hydrogen) atoms. The molecule has 3 N–H and O–H groups in total. The number of ether oxygens (including phenoxy) is 1. The SMILES string of the molecule is NC1CCN(Cc2ccccc2)CC1.O=C(NC1CCN(Cc2ccccc2)CC1)OCc1ccccc1. The highest BCUT2D eigenvalue weighted by Gasteiger charge is 2.21. The molecule has 6 heteroatoms. The molecule has 0 radical (unpaired) electrons. The highest BCUT2D eigenvalue weighted by molar-refractivity contribution is 5.67. The Balaban J connectivity index is 0.000000204. The van der Waals surface area contributed by atoms with Crippen LogP contribution in [0.4, 0.5) is 4.79 Å². The van der Waals surface area contributed by atoms with Gasteiger partial charge in [0, 0.05) is 38.3 Å². The molecule has 0 spiro atoms. The fourth-order valence-electron chi connectivity index (χ4n) is 4.96. The molecule has 2 heterocycles. The lowest BCUT2D eigenvalue weighted by atomic mass is 10.0. The van der Waals surface area contributed by atoms with E-state index in [0.29, 0.717) is 12.6 Å². The molecule has 2 aliphatic rings. The van der Waals surface area contributed by atoms with Crippen LogP contribution in [0.2, 0.25) is 0 Å². The largest absolute Gasteiger partial charge is 0.445 e. The van der Waals surface area contributed by atoms with Gasteiger partial charge in [0.15, 0.2) is 0 Å². The number of hydrogen-bond donors (Lipinski definition) is 2. The van der Waals surface area contributed by atoms with E-state index in [1.165, 1.54) is 11.1 Å². The average molecular weight is 515 g/mol. The molecule has 2 saturated heterocycles. The Morgan fingerprint density at radius 1 is 0.684 bits per heavy atom. The molecule has 1 amide bonds. The van der Waals surface area contributed by atoms with Gasteiger partial charge < -0.3 is 15.8 Å². The summed E-state index contributed by atoms with van der Waals surface area (Å²) < 4.78 is 5.29. The number of carbonyl (C=O) groups excluding carboxylic acids is 1. The molecule has 0 bridgehead atoms. The molecular weight excluding hydrogens is 472 g/mol. The van der Waals surface area contributed by atoms with Crippen molar-refractivity contribution in [1.82, 2.24) is 15.1 Å². The summed E-state index contributed by atoms with van der Waals surface area (Å²) in [6.07, 6.45) is 3.90. The third-order valence-corrected chi connectivity index (χ3v) is 7.25. The Morgan fingerprint density at radius 3 is 1.58 bits per heavy atom. The zero-order valence-corrected chi connectivity index (χ0v) is 22.4.